The molecular formula is C27H29N3O3. The number of amides is 2. The predicted octanol–water partition coefficient (Wildman–Crippen LogP) is 3.68. The van der Waals surface area contributed by atoms with Crippen LogP contribution in [-0.2, 0) is 6.42 Å². The second kappa shape index (κ2) is 9.24. The predicted molar refractivity (Wildman–Crippen MR) is 127 cm³/mol. The quantitative estimate of drug-likeness (QED) is 0.604. The third-order valence-electron chi connectivity index (χ3n) is 6.88. The molecule has 0 saturated carbocycles. The number of primary amides is 1. The van der Waals surface area contributed by atoms with Crippen molar-refractivity contribution in [2.45, 2.75) is 12.8 Å². The fourth-order valence-corrected chi connectivity index (χ4v) is 5.24. The third kappa shape index (κ3) is 4.57. The van der Waals surface area contributed by atoms with Gasteiger partial charge in [-0.2, -0.15) is 0 Å². The van der Waals surface area contributed by atoms with Crippen LogP contribution in [0.25, 0.3) is 11.3 Å². The molecule has 2 saturated heterocycles. The van der Waals surface area contributed by atoms with Crippen molar-refractivity contribution >= 4 is 11.8 Å². The molecule has 2 aliphatic heterocycles. The van der Waals surface area contributed by atoms with Crippen LogP contribution in [0.3, 0.4) is 0 Å². The van der Waals surface area contributed by atoms with E-state index in [4.69, 9.17) is 10.2 Å². The van der Waals surface area contributed by atoms with E-state index in [1.165, 1.54) is 5.56 Å². The Morgan fingerprint density at radius 2 is 1.55 bits per heavy atom. The highest BCUT2D eigenvalue weighted by molar-refractivity contribution is 6.06. The number of aryl methyl sites for hydroxylation is 1. The summed E-state index contributed by atoms with van der Waals surface area (Å²) < 4.78 is 5.70. The lowest BCUT2D eigenvalue weighted by atomic mass is 10.0. The summed E-state index contributed by atoms with van der Waals surface area (Å²) in [5, 5.41) is 0. The summed E-state index contributed by atoms with van der Waals surface area (Å²) in [4.78, 5) is 29.7. The molecule has 2 fully saturated rings. The number of benzene rings is 2. The van der Waals surface area contributed by atoms with Crippen molar-refractivity contribution in [3.8, 4) is 11.3 Å². The number of nitrogens with zero attached hydrogens (tertiary/aromatic N) is 2. The van der Waals surface area contributed by atoms with Crippen LogP contribution in [0, 0.1) is 11.8 Å². The zero-order chi connectivity index (χ0) is 22.8. The van der Waals surface area contributed by atoms with Crippen molar-refractivity contribution in [3.63, 3.8) is 0 Å². The van der Waals surface area contributed by atoms with Gasteiger partial charge in [-0.15, -0.1) is 0 Å². The summed E-state index contributed by atoms with van der Waals surface area (Å²) >= 11 is 0. The van der Waals surface area contributed by atoms with Gasteiger partial charge in [-0.05, 0) is 42.9 Å². The summed E-state index contributed by atoms with van der Waals surface area (Å²) in [7, 11) is 0. The maximum absolute atomic E-state index is 13.3. The Morgan fingerprint density at radius 1 is 0.909 bits per heavy atom. The summed E-state index contributed by atoms with van der Waals surface area (Å²) in [6, 6.07) is 21.7. The Kier molecular flexibility index (Phi) is 6.01. The number of likely N-dealkylation sites (tertiary alicyclic amines) is 2. The average Bonchev–Trinajstić information content (AvgIpc) is 3.53. The van der Waals surface area contributed by atoms with Gasteiger partial charge >= 0.3 is 0 Å². The number of nitrogens with two attached hydrogens (primary N) is 1. The first-order valence-electron chi connectivity index (χ1n) is 11.6. The second-order valence-corrected chi connectivity index (χ2v) is 9.16. The van der Waals surface area contributed by atoms with Crippen molar-refractivity contribution in [1.82, 2.24) is 9.80 Å². The van der Waals surface area contributed by atoms with Gasteiger partial charge in [-0.3, -0.25) is 9.59 Å². The fraction of sp³-hybridized carbons (Fsp3) is 0.333. The molecule has 2 N–H and O–H groups in total. The topological polar surface area (TPSA) is 79.8 Å². The molecule has 6 heteroatoms. The van der Waals surface area contributed by atoms with E-state index in [0.29, 0.717) is 30.7 Å². The molecular weight excluding hydrogens is 414 g/mol. The van der Waals surface area contributed by atoms with Gasteiger partial charge in [0.25, 0.3) is 11.8 Å². The van der Waals surface area contributed by atoms with Crippen molar-refractivity contribution in [2.75, 3.05) is 32.7 Å². The number of carbonyl (C=O) groups excluding carboxylic acids is 2. The normalized spacial score (nSPS) is 20.2. The number of fused-ring (bicyclic) bond motifs is 1. The van der Waals surface area contributed by atoms with Gasteiger partial charge < -0.3 is 20.0 Å². The van der Waals surface area contributed by atoms with Crippen LogP contribution < -0.4 is 5.73 Å². The number of hydrogen-bond donors (Lipinski definition) is 1. The van der Waals surface area contributed by atoms with E-state index in [9.17, 15) is 9.59 Å². The Labute approximate surface area is 194 Å². The van der Waals surface area contributed by atoms with Crippen molar-refractivity contribution in [2.24, 2.45) is 17.6 Å². The lowest BCUT2D eigenvalue weighted by Gasteiger charge is -2.21. The zero-order valence-electron chi connectivity index (χ0n) is 18.7. The molecule has 1 aromatic heterocycles. The van der Waals surface area contributed by atoms with Gasteiger partial charge in [-0.1, -0.05) is 60.7 Å². The maximum atomic E-state index is 13.3. The summed E-state index contributed by atoms with van der Waals surface area (Å²) in [6.45, 7) is 4.55. The van der Waals surface area contributed by atoms with Crippen LogP contribution in [0.4, 0.5) is 0 Å². The first-order chi connectivity index (χ1) is 16.1. The Hall–Kier alpha value is -3.38. The Morgan fingerprint density at radius 3 is 2.18 bits per heavy atom. The molecule has 2 aromatic carbocycles. The second-order valence-electron chi connectivity index (χ2n) is 9.16. The smallest absolute Gasteiger partial charge is 0.285 e. The number of rotatable bonds is 7. The molecule has 3 heterocycles. The van der Waals surface area contributed by atoms with Crippen LogP contribution in [0.2, 0.25) is 0 Å². The third-order valence-corrected chi connectivity index (χ3v) is 6.88. The van der Waals surface area contributed by atoms with E-state index >= 15 is 0 Å². The molecule has 0 aliphatic carbocycles. The van der Waals surface area contributed by atoms with Gasteiger partial charge in [0.1, 0.15) is 5.76 Å². The minimum Gasteiger partial charge on any atom is -0.450 e. The largest absolute Gasteiger partial charge is 0.450 e. The van der Waals surface area contributed by atoms with Crippen molar-refractivity contribution in [3.05, 3.63) is 83.6 Å². The lowest BCUT2D eigenvalue weighted by molar-refractivity contribution is 0.0765. The fourth-order valence-electron chi connectivity index (χ4n) is 5.24. The van der Waals surface area contributed by atoms with Crippen LogP contribution in [-0.4, -0.2) is 54.3 Å². The zero-order valence-corrected chi connectivity index (χ0v) is 18.7. The standard InChI is InChI=1S/C27H29N3O3/c28-26(31)25-23(14-24(33-25)20-11-5-2-6-12-20)27(32)30-17-21-15-29(16-22(21)18-30)13-7-10-19-8-3-1-4-9-19/h1-6,8-9,11-12,14,21-22H,7,10,13,15-18H2,(H2,28,31)/t21-,22?/m0/s1. The van der Waals surface area contributed by atoms with Crippen molar-refractivity contribution in [1.29, 1.82) is 0 Å². The number of furan rings is 1. The first kappa shape index (κ1) is 21.5. The summed E-state index contributed by atoms with van der Waals surface area (Å²) in [5.41, 5.74) is 7.99. The minimum absolute atomic E-state index is 0.0570. The minimum atomic E-state index is -0.718. The molecule has 3 aromatic rings. The van der Waals surface area contributed by atoms with Gasteiger partial charge in [0.2, 0.25) is 5.76 Å². The van der Waals surface area contributed by atoms with E-state index in [1.807, 2.05) is 35.2 Å². The highest BCUT2D eigenvalue weighted by atomic mass is 16.4. The molecule has 170 valence electrons. The van der Waals surface area contributed by atoms with Crippen molar-refractivity contribution < 1.29 is 14.0 Å². The summed E-state index contributed by atoms with van der Waals surface area (Å²) in [6.07, 6.45) is 2.24. The molecule has 2 aliphatic rings. The van der Waals surface area contributed by atoms with Gasteiger partial charge in [0, 0.05) is 31.7 Å². The molecule has 1 unspecified atom stereocenters. The molecule has 0 spiro atoms. The van der Waals surface area contributed by atoms with Crippen LogP contribution >= 0.6 is 0 Å². The van der Waals surface area contributed by atoms with Gasteiger partial charge in [0.15, 0.2) is 0 Å². The molecule has 33 heavy (non-hydrogen) atoms. The highest BCUT2D eigenvalue weighted by Crippen LogP contribution is 2.33. The van der Waals surface area contributed by atoms with Gasteiger partial charge in [0.05, 0.1) is 5.56 Å². The number of carbonyl (C=O) groups is 2. The molecule has 0 radical (unpaired) electrons. The van der Waals surface area contributed by atoms with Crippen LogP contribution in [0.1, 0.15) is 32.9 Å². The summed E-state index contributed by atoms with van der Waals surface area (Å²) in [5.74, 6) is 0.492. The van der Waals surface area contributed by atoms with E-state index in [1.54, 1.807) is 6.07 Å². The molecule has 2 amide bonds. The molecule has 0 bridgehead atoms. The molecule has 2 atom stereocenters. The van der Waals surface area contributed by atoms with E-state index in [2.05, 4.69) is 35.2 Å². The monoisotopic (exact) mass is 443 g/mol. The van der Waals surface area contributed by atoms with Crippen LogP contribution in [0.5, 0.6) is 0 Å². The number of hydrogen-bond acceptors (Lipinski definition) is 4. The lowest BCUT2D eigenvalue weighted by Crippen LogP contribution is -2.34. The first-order valence-corrected chi connectivity index (χ1v) is 11.6. The van der Waals surface area contributed by atoms with E-state index in [0.717, 1.165) is 38.0 Å². The molecule has 5 rings (SSSR count). The van der Waals surface area contributed by atoms with Gasteiger partial charge in [-0.25, -0.2) is 0 Å². The SMILES string of the molecule is NC(=O)c1oc(-c2ccccc2)cc1C(=O)N1CC2CN(CCCc3ccccc3)C[C@H]2C1. The molecule has 6 nitrogen and oxygen atoms in total. The van der Waals surface area contributed by atoms with E-state index in [-0.39, 0.29) is 17.2 Å². The maximum Gasteiger partial charge on any atom is 0.285 e. The average molecular weight is 444 g/mol. The van der Waals surface area contributed by atoms with Crippen LogP contribution in [0.15, 0.2) is 71.1 Å². The highest BCUT2D eigenvalue weighted by Gasteiger charge is 2.42. The Bertz CT molecular complexity index is 1110. The van der Waals surface area contributed by atoms with E-state index < -0.39 is 5.91 Å². The Balaban J connectivity index is 1.20.